The molecule has 1 amide bonds. The first-order valence-electron chi connectivity index (χ1n) is 5.00. The number of hydrogen-bond acceptors (Lipinski definition) is 2. The van der Waals surface area contributed by atoms with E-state index in [0.29, 0.717) is 5.69 Å². The Labute approximate surface area is 97.0 Å². The standard InChI is InChI=1S/C11H13F3N2O/c1-7(10(17)15-2)16-9-5-3-8(4-6-9)11(12,13)14/h3-7,16H,1-2H3,(H,15,17). The molecule has 0 spiro atoms. The Morgan fingerprint density at radius 2 is 1.76 bits per heavy atom. The molecule has 2 N–H and O–H groups in total. The summed E-state index contributed by atoms with van der Waals surface area (Å²) in [6.45, 7) is 1.62. The highest BCUT2D eigenvalue weighted by atomic mass is 19.4. The van der Waals surface area contributed by atoms with Gasteiger partial charge in [-0.3, -0.25) is 4.79 Å². The maximum atomic E-state index is 12.3. The van der Waals surface area contributed by atoms with Gasteiger partial charge in [-0.2, -0.15) is 13.2 Å². The third-order valence-electron chi connectivity index (χ3n) is 2.24. The van der Waals surface area contributed by atoms with Gasteiger partial charge in [-0.1, -0.05) is 0 Å². The van der Waals surface area contributed by atoms with Crippen LogP contribution in [0, 0.1) is 0 Å². The van der Waals surface area contributed by atoms with Crippen molar-refractivity contribution in [2.75, 3.05) is 12.4 Å². The van der Waals surface area contributed by atoms with Gasteiger partial charge in [0.1, 0.15) is 6.04 Å². The number of nitrogens with one attached hydrogen (secondary N) is 2. The molecule has 0 bridgehead atoms. The molecule has 0 fully saturated rings. The molecule has 0 radical (unpaired) electrons. The number of likely N-dealkylation sites (N-methyl/N-ethyl adjacent to an activating group) is 1. The summed E-state index contributed by atoms with van der Waals surface area (Å²) >= 11 is 0. The number of carbonyl (C=O) groups is 1. The molecule has 1 aromatic carbocycles. The molecular weight excluding hydrogens is 233 g/mol. The predicted molar refractivity (Wildman–Crippen MR) is 58.6 cm³/mol. The van der Waals surface area contributed by atoms with Crippen LogP contribution < -0.4 is 10.6 Å². The van der Waals surface area contributed by atoms with Crippen molar-refractivity contribution in [3.63, 3.8) is 0 Å². The number of anilines is 1. The summed E-state index contributed by atoms with van der Waals surface area (Å²) in [4.78, 5) is 11.2. The van der Waals surface area contributed by atoms with Gasteiger partial charge in [-0.05, 0) is 31.2 Å². The number of benzene rings is 1. The molecule has 0 saturated heterocycles. The number of carbonyl (C=O) groups excluding carboxylic acids is 1. The van der Waals surface area contributed by atoms with E-state index in [1.165, 1.54) is 19.2 Å². The molecule has 0 heterocycles. The van der Waals surface area contributed by atoms with Crippen molar-refractivity contribution in [3.8, 4) is 0 Å². The molecule has 94 valence electrons. The second-order valence-corrected chi connectivity index (χ2v) is 3.56. The predicted octanol–water partition coefficient (Wildman–Crippen LogP) is 2.25. The highest BCUT2D eigenvalue weighted by Crippen LogP contribution is 2.29. The van der Waals surface area contributed by atoms with Gasteiger partial charge in [0.15, 0.2) is 0 Å². The van der Waals surface area contributed by atoms with E-state index < -0.39 is 17.8 Å². The maximum absolute atomic E-state index is 12.3. The summed E-state index contributed by atoms with van der Waals surface area (Å²) in [5.41, 5.74) is -0.246. The number of halogens is 3. The lowest BCUT2D eigenvalue weighted by Gasteiger charge is -2.14. The van der Waals surface area contributed by atoms with E-state index in [9.17, 15) is 18.0 Å². The summed E-state index contributed by atoms with van der Waals surface area (Å²) in [6.07, 6.45) is -4.34. The van der Waals surface area contributed by atoms with Gasteiger partial charge < -0.3 is 10.6 Å². The van der Waals surface area contributed by atoms with E-state index in [-0.39, 0.29) is 5.91 Å². The smallest absolute Gasteiger partial charge is 0.374 e. The van der Waals surface area contributed by atoms with Gasteiger partial charge in [-0.25, -0.2) is 0 Å². The summed E-state index contributed by atoms with van der Waals surface area (Å²) < 4.78 is 36.8. The molecule has 1 rings (SSSR count). The van der Waals surface area contributed by atoms with Crippen molar-refractivity contribution >= 4 is 11.6 Å². The Bertz CT molecular complexity index is 387. The molecular formula is C11H13F3N2O. The zero-order valence-corrected chi connectivity index (χ0v) is 9.43. The zero-order valence-electron chi connectivity index (χ0n) is 9.43. The Kier molecular flexibility index (Phi) is 3.98. The van der Waals surface area contributed by atoms with Crippen LogP contribution in [-0.2, 0) is 11.0 Å². The first-order chi connectivity index (χ1) is 7.84. The Hall–Kier alpha value is -1.72. The Balaban J connectivity index is 2.72. The third-order valence-corrected chi connectivity index (χ3v) is 2.24. The molecule has 0 aliphatic rings. The molecule has 0 saturated carbocycles. The summed E-state index contributed by atoms with van der Waals surface area (Å²) in [5.74, 6) is -0.232. The van der Waals surface area contributed by atoms with Crippen molar-refractivity contribution in [2.45, 2.75) is 19.1 Å². The molecule has 0 aliphatic heterocycles. The minimum Gasteiger partial charge on any atom is -0.374 e. The minimum absolute atomic E-state index is 0.232. The van der Waals surface area contributed by atoms with Gasteiger partial charge in [0, 0.05) is 12.7 Å². The number of hydrogen-bond donors (Lipinski definition) is 2. The lowest BCUT2D eigenvalue weighted by molar-refractivity contribution is -0.137. The molecule has 0 aromatic heterocycles. The van der Waals surface area contributed by atoms with Gasteiger partial charge in [0.25, 0.3) is 0 Å². The van der Waals surface area contributed by atoms with Crippen LogP contribution in [0.25, 0.3) is 0 Å². The van der Waals surface area contributed by atoms with Crippen molar-refractivity contribution in [1.82, 2.24) is 5.32 Å². The molecule has 17 heavy (non-hydrogen) atoms. The van der Waals surface area contributed by atoms with Crippen molar-refractivity contribution in [2.24, 2.45) is 0 Å². The highest BCUT2D eigenvalue weighted by Gasteiger charge is 2.29. The van der Waals surface area contributed by atoms with Crippen LogP contribution in [0.1, 0.15) is 12.5 Å². The van der Waals surface area contributed by atoms with Crippen LogP contribution in [0.2, 0.25) is 0 Å². The van der Waals surface area contributed by atoms with Crippen LogP contribution in [-0.4, -0.2) is 19.0 Å². The summed E-state index contributed by atoms with van der Waals surface area (Å²) in [7, 11) is 1.49. The number of amides is 1. The fourth-order valence-corrected chi connectivity index (χ4v) is 1.29. The largest absolute Gasteiger partial charge is 0.416 e. The lowest BCUT2D eigenvalue weighted by Crippen LogP contribution is -2.35. The normalized spacial score (nSPS) is 13.0. The quantitative estimate of drug-likeness (QED) is 0.858. The van der Waals surface area contributed by atoms with Gasteiger partial charge in [0.05, 0.1) is 5.56 Å². The van der Waals surface area contributed by atoms with Crippen LogP contribution >= 0.6 is 0 Å². The maximum Gasteiger partial charge on any atom is 0.416 e. The van der Waals surface area contributed by atoms with E-state index >= 15 is 0 Å². The monoisotopic (exact) mass is 246 g/mol. The van der Waals surface area contributed by atoms with Crippen molar-refractivity contribution < 1.29 is 18.0 Å². The van der Waals surface area contributed by atoms with Crippen LogP contribution in [0.3, 0.4) is 0 Å². The molecule has 6 heteroatoms. The van der Waals surface area contributed by atoms with E-state index in [0.717, 1.165) is 12.1 Å². The molecule has 0 aliphatic carbocycles. The number of rotatable bonds is 3. The third kappa shape index (κ3) is 3.65. The van der Waals surface area contributed by atoms with Gasteiger partial charge >= 0.3 is 6.18 Å². The van der Waals surface area contributed by atoms with Crippen molar-refractivity contribution in [1.29, 1.82) is 0 Å². The Morgan fingerprint density at radius 1 is 1.24 bits per heavy atom. The average Bonchev–Trinajstić information content (AvgIpc) is 2.27. The van der Waals surface area contributed by atoms with Crippen molar-refractivity contribution in [3.05, 3.63) is 29.8 Å². The molecule has 1 unspecified atom stereocenters. The van der Waals surface area contributed by atoms with Crippen LogP contribution in [0.15, 0.2) is 24.3 Å². The second kappa shape index (κ2) is 5.07. The molecule has 1 aromatic rings. The second-order valence-electron chi connectivity index (χ2n) is 3.56. The average molecular weight is 246 g/mol. The van der Waals surface area contributed by atoms with Gasteiger partial charge in [-0.15, -0.1) is 0 Å². The first kappa shape index (κ1) is 13.3. The van der Waals surface area contributed by atoms with Crippen LogP contribution in [0.4, 0.5) is 18.9 Å². The zero-order chi connectivity index (χ0) is 13.1. The minimum atomic E-state index is -4.34. The van der Waals surface area contributed by atoms with E-state index in [2.05, 4.69) is 10.6 Å². The van der Waals surface area contributed by atoms with E-state index in [4.69, 9.17) is 0 Å². The highest BCUT2D eigenvalue weighted by molar-refractivity contribution is 5.83. The number of alkyl halides is 3. The summed E-state index contributed by atoms with van der Waals surface area (Å²) in [5, 5.41) is 5.23. The fraction of sp³-hybridized carbons (Fsp3) is 0.364. The Morgan fingerprint density at radius 3 is 2.18 bits per heavy atom. The SMILES string of the molecule is CNC(=O)C(C)Nc1ccc(C(F)(F)F)cc1. The molecule has 3 nitrogen and oxygen atoms in total. The first-order valence-corrected chi connectivity index (χ1v) is 5.00. The topological polar surface area (TPSA) is 41.1 Å². The van der Waals surface area contributed by atoms with Crippen LogP contribution in [0.5, 0.6) is 0 Å². The van der Waals surface area contributed by atoms with E-state index in [1.807, 2.05) is 0 Å². The van der Waals surface area contributed by atoms with E-state index in [1.54, 1.807) is 6.92 Å². The lowest BCUT2D eigenvalue weighted by atomic mass is 10.2. The summed E-state index contributed by atoms with van der Waals surface area (Å²) in [6, 6.07) is 4.03. The van der Waals surface area contributed by atoms with Gasteiger partial charge in [0.2, 0.25) is 5.91 Å². The molecule has 1 atom stereocenters. The fourth-order valence-electron chi connectivity index (χ4n) is 1.29.